The van der Waals surface area contributed by atoms with Crippen LogP contribution in [0.3, 0.4) is 0 Å². The molecule has 0 fully saturated rings. The Hall–Kier alpha value is -3.14. The molecule has 0 amide bonds. The quantitative estimate of drug-likeness (QED) is 0.413. The maximum Gasteiger partial charge on any atom is 0.142 e. The molecule has 0 saturated heterocycles. The Bertz CT molecular complexity index is 1060. The minimum atomic E-state index is 0.246. The second kappa shape index (κ2) is 8.99. The van der Waals surface area contributed by atoms with Gasteiger partial charge in [-0.3, -0.25) is 0 Å². The molecule has 0 spiro atoms. The Morgan fingerprint density at radius 1 is 0.630 bits per heavy atom. The highest BCUT2D eigenvalue weighted by Gasteiger charge is 2.02. The molecule has 2 aromatic carbocycles. The van der Waals surface area contributed by atoms with Gasteiger partial charge in [0.25, 0.3) is 0 Å². The van der Waals surface area contributed by atoms with Gasteiger partial charge in [0.2, 0.25) is 0 Å². The summed E-state index contributed by atoms with van der Waals surface area (Å²) in [7, 11) is 0. The molecular weight excluding hydrogens is 336 g/mol. The van der Waals surface area contributed by atoms with Crippen LogP contribution in [-0.4, -0.2) is 20.2 Å². The third-order valence-electron chi connectivity index (χ3n) is 3.89. The van der Waals surface area contributed by atoms with Gasteiger partial charge in [0, 0.05) is 22.2 Å². The number of hydrogen-bond acceptors (Lipinski definition) is 4. The topological polar surface area (TPSA) is 66.2 Å². The van der Waals surface area contributed by atoms with E-state index in [0.717, 1.165) is 27.7 Å². The van der Waals surface area contributed by atoms with Crippen LogP contribution in [0.15, 0.2) is 54.6 Å². The number of phenolic OH excluding ortho intramolecular Hbond substituents is 2. The second-order valence-corrected chi connectivity index (χ2v) is 6.11. The van der Waals surface area contributed by atoms with E-state index < -0.39 is 0 Å². The fourth-order valence-electron chi connectivity index (χ4n) is 2.69. The predicted octanol–water partition coefficient (Wildman–Crippen LogP) is 5.83. The van der Waals surface area contributed by atoms with Crippen LogP contribution >= 0.6 is 0 Å². The molecule has 4 rings (SSSR count). The van der Waals surface area contributed by atoms with Crippen LogP contribution in [0.4, 0.5) is 0 Å². The SMILES string of the molecule is CC.Cc1cc(O)c2nc(C)ccc2c1.Cc1ccc2cccc(O)c2n1. The van der Waals surface area contributed by atoms with E-state index in [0.29, 0.717) is 11.0 Å². The summed E-state index contributed by atoms with van der Waals surface area (Å²) in [6.07, 6.45) is 0. The van der Waals surface area contributed by atoms with Crippen molar-refractivity contribution in [1.29, 1.82) is 0 Å². The highest BCUT2D eigenvalue weighted by molar-refractivity contribution is 5.85. The number of aryl methyl sites for hydroxylation is 3. The number of phenols is 2. The van der Waals surface area contributed by atoms with Crippen molar-refractivity contribution in [3.05, 3.63) is 71.5 Å². The van der Waals surface area contributed by atoms with Crippen molar-refractivity contribution in [1.82, 2.24) is 9.97 Å². The van der Waals surface area contributed by atoms with E-state index in [1.807, 2.05) is 77.1 Å². The zero-order valence-electron chi connectivity index (χ0n) is 16.5. The lowest BCUT2D eigenvalue weighted by molar-refractivity contribution is 0.479. The lowest BCUT2D eigenvalue weighted by Crippen LogP contribution is -1.84. The van der Waals surface area contributed by atoms with Gasteiger partial charge in [0.1, 0.15) is 22.5 Å². The summed E-state index contributed by atoms with van der Waals surface area (Å²) in [5.74, 6) is 0.509. The summed E-state index contributed by atoms with van der Waals surface area (Å²) >= 11 is 0. The summed E-state index contributed by atoms with van der Waals surface area (Å²) in [5.41, 5.74) is 4.26. The van der Waals surface area contributed by atoms with Crippen LogP contribution in [0.25, 0.3) is 21.8 Å². The largest absolute Gasteiger partial charge is 0.506 e. The van der Waals surface area contributed by atoms with Crippen molar-refractivity contribution in [2.45, 2.75) is 34.6 Å². The Labute approximate surface area is 160 Å². The van der Waals surface area contributed by atoms with E-state index in [4.69, 9.17) is 0 Å². The van der Waals surface area contributed by atoms with Gasteiger partial charge < -0.3 is 10.2 Å². The first kappa shape index (κ1) is 20.2. The van der Waals surface area contributed by atoms with Gasteiger partial charge in [0.05, 0.1) is 0 Å². The molecular formula is C23H26N2O2. The Kier molecular flexibility index (Phi) is 6.72. The first-order chi connectivity index (χ1) is 12.9. The molecule has 4 heteroatoms. The highest BCUT2D eigenvalue weighted by Crippen LogP contribution is 2.24. The molecule has 2 aromatic heterocycles. The number of benzene rings is 2. The van der Waals surface area contributed by atoms with Crippen molar-refractivity contribution in [2.75, 3.05) is 0 Å². The normalized spacial score (nSPS) is 9.96. The van der Waals surface area contributed by atoms with Crippen LogP contribution in [0, 0.1) is 20.8 Å². The van der Waals surface area contributed by atoms with E-state index in [1.165, 1.54) is 0 Å². The maximum absolute atomic E-state index is 9.61. The second-order valence-electron chi connectivity index (χ2n) is 6.11. The number of rotatable bonds is 0. The van der Waals surface area contributed by atoms with E-state index in [2.05, 4.69) is 9.97 Å². The number of hydrogen-bond donors (Lipinski definition) is 2. The van der Waals surface area contributed by atoms with E-state index in [1.54, 1.807) is 12.1 Å². The van der Waals surface area contributed by atoms with E-state index >= 15 is 0 Å². The van der Waals surface area contributed by atoms with Gasteiger partial charge in [0.15, 0.2) is 0 Å². The smallest absolute Gasteiger partial charge is 0.142 e. The summed E-state index contributed by atoms with van der Waals surface area (Å²) in [6.45, 7) is 9.78. The molecule has 0 unspecified atom stereocenters. The molecule has 0 saturated carbocycles. The molecule has 0 aliphatic rings. The van der Waals surface area contributed by atoms with Gasteiger partial charge in [-0.05, 0) is 56.7 Å². The van der Waals surface area contributed by atoms with E-state index in [9.17, 15) is 10.2 Å². The molecule has 2 N–H and O–H groups in total. The fourth-order valence-corrected chi connectivity index (χ4v) is 2.69. The monoisotopic (exact) mass is 362 g/mol. The average molecular weight is 362 g/mol. The summed E-state index contributed by atoms with van der Waals surface area (Å²) in [6, 6.07) is 17.0. The Balaban J connectivity index is 0.000000178. The van der Waals surface area contributed by atoms with Crippen LogP contribution in [0.2, 0.25) is 0 Å². The molecule has 0 atom stereocenters. The number of aromatic nitrogens is 2. The van der Waals surface area contributed by atoms with E-state index in [-0.39, 0.29) is 11.5 Å². The summed E-state index contributed by atoms with van der Waals surface area (Å²) in [4.78, 5) is 8.49. The van der Waals surface area contributed by atoms with Crippen LogP contribution < -0.4 is 0 Å². The van der Waals surface area contributed by atoms with Gasteiger partial charge in [-0.2, -0.15) is 0 Å². The standard InChI is InChI=1S/C11H11NO.C10H9NO.C2H6/c1-7-5-9-4-3-8(2)12-11(9)10(13)6-7;1-7-5-6-8-3-2-4-9(12)10(8)11-7;1-2/h3-6,13H,1-2H3;2-6,12H,1H3;1-2H3. The van der Waals surface area contributed by atoms with Crippen molar-refractivity contribution in [3.8, 4) is 11.5 Å². The lowest BCUT2D eigenvalue weighted by atomic mass is 10.1. The van der Waals surface area contributed by atoms with Crippen molar-refractivity contribution in [2.24, 2.45) is 0 Å². The Morgan fingerprint density at radius 2 is 1.19 bits per heavy atom. The lowest BCUT2D eigenvalue weighted by Gasteiger charge is -2.02. The highest BCUT2D eigenvalue weighted by atomic mass is 16.3. The molecule has 0 radical (unpaired) electrons. The third-order valence-corrected chi connectivity index (χ3v) is 3.89. The minimum absolute atomic E-state index is 0.246. The average Bonchev–Trinajstić information content (AvgIpc) is 2.65. The first-order valence-corrected chi connectivity index (χ1v) is 9.06. The molecule has 27 heavy (non-hydrogen) atoms. The zero-order chi connectivity index (χ0) is 20.0. The molecule has 0 aliphatic heterocycles. The molecule has 140 valence electrons. The van der Waals surface area contributed by atoms with Crippen molar-refractivity contribution < 1.29 is 10.2 Å². The minimum Gasteiger partial charge on any atom is -0.506 e. The number of nitrogens with zero attached hydrogens (tertiary/aromatic N) is 2. The molecule has 4 aromatic rings. The van der Waals surface area contributed by atoms with Crippen molar-refractivity contribution >= 4 is 21.8 Å². The number of pyridine rings is 2. The Morgan fingerprint density at radius 3 is 1.81 bits per heavy atom. The molecule has 4 nitrogen and oxygen atoms in total. The van der Waals surface area contributed by atoms with Crippen LogP contribution in [-0.2, 0) is 0 Å². The number of para-hydroxylation sites is 1. The van der Waals surface area contributed by atoms with Crippen LogP contribution in [0.1, 0.15) is 30.8 Å². The number of aromatic hydroxyl groups is 2. The first-order valence-electron chi connectivity index (χ1n) is 9.06. The molecule has 2 heterocycles. The fraction of sp³-hybridized carbons (Fsp3) is 0.217. The maximum atomic E-state index is 9.61. The van der Waals surface area contributed by atoms with Crippen LogP contribution in [0.5, 0.6) is 11.5 Å². The van der Waals surface area contributed by atoms with Gasteiger partial charge in [-0.1, -0.05) is 38.1 Å². The van der Waals surface area contributed by atoms with Crippen molar-refractivity contribution in [3.63, 3.8) is 0 Å². The van der Waals surface area contributed by atoms with Gasteiger partial charge in [-0.25, -0.2) is 9.97 Å². The molecule has 0 aliphatic carbocycles. The number of fused-ring (bicyclic) bond motifs is 2. The van der Waals surface area contributed by atoms with Gasteiger partial charge >= 0.3 is 0 Å². The third kappa shape index (κ3) is 4.94. The predicted molar refractivity (Wildman–Crippen MR) is 112 cm³/mol. The summed E-state index contributed by atoms with van der Waals surface area (Å²) in [5, 5.41) is 21.0. The zero-order valence-corrected chi connectivity index (χ0v) is 16.5. The summed E-state index contributed by atoms with van der Waals surface area (Å²) < 4.78 is 0. The molecule has 0 bridgehead atoms. The van der Waals surface area contributed by atoms with Gasteiger partial charge in [-0.15, -0.1) is 0 Å².